The topological polar surface area (TPSA) is 46.5 Å². The first kappa shape index (κ1) is 15.1. The molecular weight excluding hydrogens is 264 g/mol. The van der Waals surface area contributed by atoms with Crippen LogP contribution in [0.25, 0.3) is 0 Å². The van der Waals surface area contributed by atoms with Gasteiger partial charge in [0, 0.05) is 0 Å². The zero-order valence-electron chi connectivity index (χ0n) is 12.4. The van der Waals surface area contributed by atoms with E-state index >= 15 is 0 Å². The van der Waals surface area contributed by atoms with E-state index in [9.17, 15) is 4.79 Å². The van der Waals surface area contributed by atoms with Gasteiger partial charge in [-0.3, -0.25) is 4.79 Å². The van der Waals surface area contributed by atoms with Gasteiger partial charge in [0.05, 0.1) is 5.92 Å². The van der Waals surface area contributed by atoms with Gasteiger partial charge in [0.2, 0.25) is 0 Å². The molecular formula is C18H20O3. The fourth-order valence-electron chi connectivity index (χ4n) is 2.14. The normalized spacial score (nSPS) is 11.9. The first-order valence-electron chi connectivity index (χ1n) is 7.14. The molecule has 0 amide bonds. The maximum Gasteiger partial charge on any atom is 0.310 e. The zero-order chi connectivity index (χ0) is 15.2. The number of carbonyl (C=O) groups is 1. The highest BCUT2D eigenvalue weighted by Gasteiger charge is 2.13. The van der Waals surface area contributed by atoms with Crippen LogP contribution in [0.4, 0.5) is 0 Å². The van der Waals surface area contributed by atoms with Crippen molar-refractivity contribution in [3.63, 3.8) is 0 Å². The third-order valence-corrected chi connectivity index (χ3v) is 3.60. The Bertz CT molecular complexity index is 602. The van der Waals surface area contributed by atoms with Crippen LogP contribution >= 0.6 is 0 Å². The van der Waals surface area contributed by atoms with E-state index < -0.39 is 11.9 Å². The predicted molar refractivity (Wildman–Crippen MR) is 82.6 cm³/mol. The molecule has 0 radical (unpaired) electrons. The second-order valence-electron chi connectivity index (χ2n) is 5.05. The van der Waals surface area contributed by atoms with Crippen molar-refractivity contribution in [3.05, 3.63) is 65.2 Å². The van der Waals surface area contributed by atoms with Crippen LogP contribution in [-0.2, 0) is 17.8 Å². The Morgan fingerprint density at radius 2 is 1.81 bits per heavy atom. The lowest BCUT2D eigenvalue weighted by atomic mass is 10.0. The van der Waals surface area contributed by atoms with E-state index in [2.05, 4.69) is 13.0 Å². The lowest BCUT2D eigenvalue weighted by molar-refractivity contribution is -0.138. The number of carboxylic acid groups (broad SMARTS) is 1. The predicted octanol–water partition coefficient (Wildman–Crippen LogP) is 4.02. The average molecular weight is 284 g/mol. The molecule has 1 unspecified atom stereocenters. The quantitative estimate of drug-likeness (QED) is 0.871. The maximum absolute atomic E-state index is 10.9. The standard InChI is InChI=1S/C18H20O3/c1-3-15-6-4-5-7-17(15)21-12-14-8-10-16(11-9-14)13(2)18(19)20/h4-11,13H,3,12H2,1-2H3,(H,19,20). The number of ether oxygens (including phenoxy) is 1. The summed E-state index contributed by atoms with van der Waals surface area (Å²) in [5, 5.41) is 8.99. The van der Waals surface area contributed by atoms with Crippen molar-refractivity contribution in [1.82, 2.24) is 0 Å². The average Bonchev–Trinajstić information content (AvgIpc) is 2.52. The van der Waals surface area contributed by atoms with Gasteiger partial charge in [0.25, 0.3) is 0 Å². The Morgan fingerprint density at radius 3 is 2.43 bits per heavy atom. The van der Waals surface area contributed by atoms with Crippen LogP contribution in [0.2, 0.25) is 0 Å². The Balaban J connectivity index is 2.02. The molecule has 0 bridgehead atoms. The number of hydrogen-bond acceptors (Lipinski definition) is 2. The molecule has 0 fully saturated rings. The number of hydrogen-bond donors (Lipinski definition) is 1. The van der Waals surface area contributed by atoms with Crippen LogP contribution < -0.4 is 4.74 Å². The van der Waals surface area contributed by atoms with Gasteiger partial charge in [-0.15, -0.1) is 0 Å². The lowest BCUT2D eigenvalue weighted by Crippen LogP contribution is -2.07. The van der Waals surface area contributed by atoms with Gasteiger partial charge in [-0.05, 0) is 36.1 Å². The monoisotopic (exact) mass is 284 g/mol. The number of para-hydroxylation sites is 1. The molecule has 2 aromatic rings. The molecule has 3 nitrogen and oxygen atoms in total. The molecule has 0 aromatic heterocycles. The fraction of sp³-hybridized carbons (Fsp3) is 0.278. The summed E-state index contributed by atoms with van der Waals surface area (Å²) in [6.07, 6.45) is 0.936. The van der Waals surface area contributed by atoms with Crippen LogP contribution in [0.1, 0.15) is 36.5 Å². The van der Waals surface area contributed by atoms with Gasteiger partial charge in [-0.1, -0.05) is 49.4 Å². The van der Waals surface area contributed by atoms with Crippen molar-refractivity contribution in [2.24, 2.45) is 0 Å². The fourth-order valence-corrected chi connectivity index (χ4v) is 2.14. The molecule has 1 N–H and O–H groups in total. The number of carboxylic acids is 1. The van der Waals surface area contributed by atoms with Crippen molar-refractivity contribution in [3.8, 4) is 5.75 Å². The van der Waals surface area contributed by atoms with Gasteiger partial charge in [0.15, 0.2) is 0 Å². The molecule has 0 aliphatic carbocycles. The molecule has 2 aromatic carbocycles. The lowest BCUT2D eigenvalue weighted by Gasteiger charge is -2.11. The molecule has 1 atom stereocenters. The van der Waals surface area contributed by atoms with E-state index in [1.165, 1.54) is 5.56 Å². The molecule has 110 valence electrons. The third-order valence-electron chi connectivity index (χ3n) is 3.60. The zero-order valence-corrected chi connectivity index (χ0v) is 12.4. The van der Waals surface area contributed by atoms with Crippen LogP contribution in [0.15, 0.2) is 48.5 Å². The van der Waals surface area contributed by atoms with E-state index in [1.54, 1.807) is 6.92 Å². The first-order valence-corrected chi connectivity index (χ1v) is 7.14. The van der Waals surface area contributed by atoms with Crippen LogP contribution in [0, 0.1) is 0 Å². The number of aryl methyl sites for hydroxylation is 1. The van der Waals surface area contributed by atoms with Gasteiger partial charge in [0.1, 0.15) is 12.4 Å². The minimum Gasteiger partial charge on any atom is -0.489 e. The van der Waals surface area contributed by atoms with Crippen LogP contribution in [0.3, 0.4) is 0 Å². The van der Waals surface area contributed by atoms with E-state index in [0.717, 1.165) is 23.3 Å². The highest BCUT2D eigenvalue weighted by atomic mass is 16.5. The summed E-state index contributed by atoms with van der Waals surface area (Å²) >= 11 is 0. The summed E-state index contributed by atoms with van der Waals surface area (Å²) < 4.78 is 5.85. The van der Waals surface area contributed by atoms with Crippen molar-refractivity contribution < 1.29 is 14.6 Å². The summed E-state index contributed by atoms with van der Waals surface area (Å²) in [5.41, 5.74) is 3.02. The second-order valence-corrected chi connectivity index (χ2v) is 5.05. The summed E-state index contributed by atoms with van der Waals surface area (Å²) in [5.74, 6) is -0.389. The smallest absolute Gasteiger partial charge is 0.310 e. The van der Waals surface area contributed by atoms with E-state index in [0.29, 0.717) is 6.61 Å². The number of benzene rings is 2. The number of aliphatic carboxylic acids is 1. The Hall–Kier alpha value is -2.29. The van der Waals surface area contributed by atoms with Crippen molar-refractivity contribution in [2.45, 2.75) is 32.8 Å². The van der Waals surface area contributed by atoms with Gasteiger partial charge >= 0.3 is 5.97 Å². The summed E-state index contributed by atoms with van der Waals surface area (Å²) in [4.78, 5) is 10.9. The van der Waals surface area contributed by atoms with Crippen molar-refractivity contribution in [2.75, 3.05) is 0 Å². The Kier molecular flexibility index (Phi) is 4.99. The van der Waals surface area contributed by atoms with Crippen molar-refractivity contribution >= 4 is 5.97 Å². The van der Waals surface area contributed by atoms with E-state index in [-0.39, 0.29) is 0 Å². The highest BCUT2D eigenvalue weighted by Crippen LogP contribution is 2.21. The Morgan fingerprint density at radius 1 is 1.14 bits per heavy atom. The molecule has 0 spiro atoms. The van der Waals surface area contributed by atoms with Gasteiger partial charge < -0.3 is 9.84 Å². The van der Waals surface area contributed by atoms with E-state index in [1.807, 2.05) is 42.5 Å². The molecule has 3 heteroatoms. The molecule has 0 aliphatic heterocycles. The SMILES string of the molecule is CCc1ccccc1OCc1ccc(C(C)C(=O)O)cc1. The van der Waals surface area contributed by atoms with Crippen molar-refractivity contribution in [1.29, 1.82) is 0 Å². The van der Waals surface area contributed by atoms with E-state index in [4.69, 9.17) is 9.84 Å². The number of rotatable bonds is 6. The second kappa shape index (κ2) is 6.93. The van der Waals surface area contributed by atoms with Gasteiger partial charge in [-0.25, -0.2) is 0 Å². The molecule has 0 saturated carbocycles. The largest absolute Gasteiger partial charge is 0.489 e. The first-order chi connectivity index (χ1) is 10.1. The highest BCUT2D eigenvalue weighted by molar-refractivity contribution is 5.75. The maximum atomic E-state index is 10.9. The minimum absolute atomic E-state index is 0.485. The van der Waals surface area contributed by atoms with Crippen LogP contribution in [-0.4, -0.2) is 11.1 Å². The summed E-state index contributed by atoms with van der Waals surface area (Å²) in [6.45, 7) is 4.27. The summed E-state index contributed by atoms with van der Waals surface area (Å²) in [7, 11) is 0. The molecule has 0 aliphatic rings. The third kappa shape index (κ3) is 3.85. The molecule has 2 rings (SSSR count). The molecule has 21 heavy (non-hydrogen) atoms. The molecule has 0 saturated heterocycles. The minimum atomic E-state index is -0.809. The molecule has 0 heterocycles. The van der Waals surface area contributed by atoms with Gasteiger partial charge in [-0.2, -0.15) is 0 Å². The summed E-state index contributed by atoms with van der Waals surface area (Å²) in [6, 6.07) is 15.5. The Labute approximate surface area is 125 Å². The van der Waals surface area contributed by atoms with Crippen LogP contribution in [0.5, 0.6) is 5.75 Å².